The van der Waals surface area contributed by atoms with Crippen molar-refractivity contribution in [1.29, 1.82) is 0 Å². The molecule has 1 heterocycles. The Morgan fingerprint density at radius 2 is 2.10 bits per heavy atom. The number of ether oxygens (including phenoxy) is 1. The zero-order chi connectivity index (χ0) is 15.5. The smallest absolute Gasteiger partial charge is 0.255 e. The molecule has 0 spiro atoms. The van der Waals surface area contributed by atoms with Gasteiger partial charge in [0, 0.05) is 39.4 Å². The van der Waals surface area contributed by atoms with Gasteiger partial charge in [0.15, 0.2) is 0 Å². The summed E-state index contributed by atoms with van der Waals surface area (Å²) in [6.07, 6.45) is 1.85. The van der Waals surface area contributed by atoms with E-state index in [0.717, 1.165) is 0 Å². The lowest BCUT2D eigenvalue weighted by molar-refractivity contribution is -0.121. The highest BCUT2D eigenvalue weighted by Crippen LogP contribution is 2.10. The van der Waals surface area contributed by atoms with E-state index in [1.54, 1.807) is 25.4 Å². The Labute approximate surface area is 124 Å². The summed E-state index contributed by atoms with van der Waals surface area (Å²) in [7, 11) is 1.57. The van der Waals surface area contributed by atoms with E-state index < -0.39 is 0 Å². The molecule has 2 amide bonds. The number of aromatic nitrogens is 1. The summed E-state index contributed by atoms with van der Waals surface area (Å²) >= 11 is 0. The van der Waals surface area contributed by atoms with Gasteiger partial charge < -0.3 is 20.7 Å². The first-order valence-electron chi connectivity index (χ1n) is 6.91. The van der Waals surface area contributed by atoms with Gasteiger partial charge in [0.25, 0.3) is 5.91 Å². The van der Waals surface area contributed by atoms with Crippen molar-refractivity contribution < 1.29 is 14.3 Å². The third-order valence-electron chi connectivity index (χ3n) is 2.66. The molecule has 0 saturated carbocycles. The predicted octanol–water partition coefficient (Wildman–Crippen LogP) is 0.396. The lowest BCUT2D eigenvalue weighted by atomic mass is 10.2. The first-order valence-corrected chi connectivity index (χ1v) is 6.91. The van der Waals surface area contributed by atoms with E-state index in [0.29, 0.717) is 31.1 Å². The summed E-state index contributed by atoms with van der Waals surface area (Å²) in [6.45, 7) is 3.83. The molecule has 21 heavy (non-hydrogen) atoms. The molecule has 1 aromatic heterocycles. The number of pyridine rings is 1. The number of methoxy groups -OCH3 is 1. The minimum absolute atomic E-state index is 0.120. The number of nitrogens with one attached hydrogen (secondary N) is 3. The maximum absolute atomic E-state index is 12.0. The highest BCUT2D eigenvalue weighted by molar-refractivity contribution is 5.98. The van der Waals surface area contributed by atoms with E-state index in [2.05, 4.69) is 20.9 Å². The fraction of sp³-hybridized carbons (Fsp3) is 0.500. The normalized spacial score (nSPS) is 10.0. The van der Waals surface area contributed by atoms with Crippen LogP contribution in [0.2, 0.25) is 0 Å². The summed E-state index contributed by atoms with van der Waals surface area (Å²) < 4.78 is 4.83. The predicted molar refractivity (Wildman–Crippen MR) is 80.2 cm³/mol. The molecule has 1 rings (SSSR count). The van der Waals surface area contributed by atoms with E-state index in [-0.39, 0.29) is 24.8 Å². The van der Waals surface area contributed by atoms with Crippen LogP contribution in [0, 0.1) is 0 Å². The standard InChI is InChI=1S/C14H22N4O3/c1-3-15-13-11(5-4-7-17-13)14(20)18-8-6-12(19)16-9-10-21-2/h4-5,7H,3,6,8-10H2,1-2H3,(H,15,17)(H,16,19)(H,18,20). The van der Waals surface area contributed by atoms with Crippen LogP contribution in [0.3, 0.4) is 0 Å². The molecule has 1 aromatic rings. The van der Waals surface area contributed by atoms with Gasteiger partial charge in [0.1, 0.15) is 5.82 Å². The van der Waals surface area contributed by atoms with Gasteiger partial charge in [-0.15, -0.1) is 0 Å². The summed E-state index contributed by atoms with van der Waals surface area (Å²) in [5.41, 5.74) is 0.471. The zero-order valence-electron chi connectivity index (χ0n) is 12.4. The Hall–Kier alpha value is -2.15. The molecule has 0 aliphatic rings. The molecular formula is C14H22N4O3. The molecule has 0 saturated heterocycles. The van der Waals surface area contributed by atoms with Crippen molar-refractivity contribution >= 4 is 17.6 Å². The average Bonchev–Trinajstić information content (AvgIpc) is 2.48. The van der Waals surface area contributed by atoms with E-state index >= 15 is 0 Å². The van der Waals surface area contributed by atoms with Crippen LogP contribution in [0.15, 0.2) is 18.3 Å². The maximum atomic E-state index is 12.0. The number of carbonyl (C=O) groups excluding carboxylic acids is 2. The Morgan fingerprint density at radius 3 is 2.81 bits per heavy atom. The van der Waals surface area contributed by atoms with E-state index in [1.807, 2.05) is 6.92 Å². The van der Waals surface area contributed by atoms with Crippen molar-refractivity contribution in [1.82, 2.24) is 15.6 Å². The first-order chi connectivity index (χ1) is 10.2. The lowest BCUT2D eigenvalue weighted by Crippen LogP contribution is -2.32. The van der Waals surface area contributed by atoms with Gasteiger partial charge in [-0.25, -0.2) is 4.98 Å². The van der Waals surface area contributed by atoms with Crippen LogP contribution in [-0.2, 0) is 9.53 Å². The fourth-order valence-electron chi connectivity index (χ4n) is 1.66. The Balaban J connectivity index is 2.38. The van der Waals surface area contributed by atoms with Crippen LogP contribution in [0.1, 0.15) is 23.7 Å². The van der Waals surface area contributed by atoms with Gasteiger partial charge in [0.05, 0.1) is 12.2 Å². The number of amides is 2. The minimum atomic E-state index is -0.247. The van der Waals surface area contributed by atoms with E-state index in [4.69, 9.17) is 4.74 Å². The number of hydrogen-bond donors (Lipinski definition) is 3. The summed E-state index contributed by atoms with van der Waals surface area (Å²) in [4.78, 5) is 27.6. The highest BCUT2D eigenvalue weighted by Gasteiger charge is 2.11. The van der Waals surface area contributed by atoms with Crippen LogP contribution in [-0.4, -0.2) is 50.1 Å². The molecule has 0 aliphatic carbocycles. The molecule has 7 nitrogen and oxygen atoms in total. The van der Waals surface area contributed by atoms with Crippen LogP contribution in [0.4, 0.5) is 5.82 Å². The molecule has 0 radical (unpaired) electrons. The van der Waals surface area contributed by atoms with Crippen molar-refractivity contribution in [3.8, 4) is 0 Å². The molecular weight excluding hydrogens is 272 g/mol. The second kappa shape index (κ2) is 9.71. The second-order valence-electron chi connectivity index (χ2n) is 4.28. The molecule has 7 heteroatoms. The van der Waals surface area contributed by atoms with Crippen molar-refractivity contribution in [2.24, 2.45) is 0 Å². The number of carbonyl (C=O) groups is 2. The van der Waals surface area contributed by atoms with Crippen LogP contribution in [0.25, 0.3) is 0 Å². The van der Waals surface area contributed by atoms with Gasteiger partial charge in [-0.05, 0) is 19.1 Å². The average molecular weight is 294 g/mol. The van der Waals surface area contributed by atoms with Gasteiger partial charge in [-0.3, -0.25) is 9.59 Å². The van der Waals surface area contributed by atoms with Crippen molar-refractivity contribution in [3.63, 3.8) is 0 Å². The molecule has 116 valence electrons. The SMILES string of the molecule is CCNc1ncccc1C(=O)NCCC(=O)NCCOC. The molecule has 0 fully saturated rings. The molecule has 0 bridgehead atoms. The summed E-state index contributed by atoms with van der Waals surface area (Å²) in [6, 6.07) is 3.40. The molecule has 3 N–H and O–H groups in total. The summed E-state index contributed by atoms with van der Waals surface area (Å²) in [5, 5.41) is 8.42. The lowest BCUT2D eigenvalue weighted by Gasteiger charge is -2.10. The minimum Gasteiger partial charge on any atom is -0.383 e. The number of rotatable bonds is 9. The number of anilines is 1. The Morgan fingerprint density at radius 1 is 1.29 bits per heavy atom. The highest BCUT2D eigenvalue weighted by atomic mass is 16.5. The molecule has 0 unspecified atom stereocenters. The van der Waals surface area contributed by atoms with Crippen LogP contribution >= 0.6 is 0 Å². The Kier molecular flexibility index (Phi) is 7.81. The van der Waals surface area contributed by atoms with Gasteiger partial charge in [-0.1, -0.05) is 0 Å². The molecule has 0 aromatic carbocycles. The Bertz CT molecular complexity index is 465. The largest absolute Gasteiger partial charge is 0.383 e. The van der Waals surface area contributed by atoms with Gasteiger partial charge in [-0.2, -0.15) is 0 Å². The van der Waals surface area contributed by atoms with Crippen molar-refractivity contribution in [3.05, 3.63) is 23.9 Å². The van der Waals surface area contributed by atoms with E-state index in [9.17, 15) is 9.59 Å². The first kappa shape index (κ1) is 16.9. The van der Waals surface area contributed by atoms with Crippen molar-refractivity contribution in [2.45, 2.75) is 13.3 Å². The van der Waals surface area contributed by atoms with Gasteiger partial charge >= 0.3 is 0 Å². The van der Waals surface area contributed by atoms with Crippen LogP contribution < -0.4 is 16.0 Å². The topological polar surface area (TPSA) is 92.4 Å². The molecule has 0 atom stereocenters. The zero-order valence-corrected chi connectivity index (χ0v) is 12.4. The quantitative estimate of drug-likeness (QED) is 0.573. The third-order valence-corrected chi connectivity index (χ3v) is 2.66. The second-order valence-corrected chi connectivity index (χ2v) is 4.28. The van der Waals surface area contributed by atoms with E-state index in [1.165, 1.54) is 0 Å². The van der Waals surface area contributed by atoms with Gasteiger partial charge in [0.2, 0.25) is 5.91 Å². The summed E-state index contributed by atoms with van der Waals surface area (Å²) in [5.74, 6) is 0.177. The van der Waals surface area contributed by atoms with Crippen molar-refractivity contribution in [2.75, 3.05) is 38.7 Å². The number of nitrogens with zero attached hydrogens (tertiary/aromatic N) is 1. The maximum Gasteiger partial charge on any atom is 0.255 e. The fourth-order valence-corrected chi connectivity index (χ4v) is 1.66. The monoisotopic (exact) mass is 294 g/mol. The molecule has 0 aliphatic heterocycles. The van der Waals surface area contributed by atoms with Crippen LogP contribution in [0.5, 0.6) is 0 Å². The number of hydrogen-bond acceptors (Lipinski definition) is 5. The third kappa shape index (κ3) is 6.22.